The van der Waals surface area contributed by atoms with Gasteiger partial charge in [-0.3, -0.25) is 4.79 Å². The molecule has 4 aromatic heterocycles. The Morgan fingerprint density at radius 3 is 1.85 bits per heavy atom. The van der Waals surface area contributed by atoms with Crippen LogP contribution in [0.5, 0.6) is 0 Å². The number of aryl methyl sites for hydroxylation is 2. The summed E-state index contributed by atoms with van der Waals surface area (Å²) in [5.74, 6) is 2.26. The average molecular weight is 570 g/mol. The van der Waals surface area contributed by atoms with Gasteiger partial charge in [0, 0.05) is 60.2 Å². The van der Waals surface area contributed by atoms with Crippen molar-refractivity contribution in [3.8, 4) is 0 Å². The van der Waals surface area contributed by atoms with E-state index in [0.29, 0.717) is 30.5 Å². The van der Waals surface area contributed by atoms with Gasteiger partial charge in [-0.05, 0) is 66.2 Å². The molecule has 0 radical (unpaired) electrons. The number of ether oxygens (including phenoxy) is 1. The molecule has 11 nitrogen and oxygen atoms in total. The fraction of sp³-hybridized carbons (Fsp3) is 0.536. The van der Waals surface area contributed by atoms with Gasteiger partial charge in [0.25, 0.3) is 0 Å². The Hall–Kier alpha value is -3.44. The highest BCUT2D eigenvalue weighted by Crippen LogP contribution is 2.33. The van der Waals surface area contributed by atoms with E-state index in [1.165, 1.54) is 0 Å². The van der Waals surface area contributed by atoms with E-state index in [-0.39, 0.29) is 18.4 Å². The van der Waals surface area contributed by atoms with Gasteiger partial charge in [0.15, 0.2) is 11.3 Å². The summed E-state index contributed by atoms with van der Waals surface area (Å²) in [5, 5.41) is 15.5. The number of fused-ring (bicyclic) bond motifs is 2. The van der Waals surface area contributed by atoms with Crippen molar-refractivity contribution in [2.75, 3.05) is 10.6 Å². The number of nitrogens with two attached hydrogens (primary N) is 1. The van der Waals surface area contributed by atoms with Crippen molar-refractivity contribution in [2.24, 2.45) is 11.7 Å². The quantitative estimate of drug-likeness (QED) is 0.290. The first-order valence-electron chi connectivity index (χ1n) is 13.7. The molecule has 40 heavy (non-hydrogen) atoms. The predicted octanol–water partition coefficient (Wildman–Crippen LogP) is 4.32. The third kappa shape index (κ3) is 7.19. The van der Waals surface area contributed by atoms with Gasteiger partial charge < -0.3 is 21.1 Å². The molecule has 0 aliphatic heterocycles. The van der Waals surface area contributed by atoms with E-state index >= 15 is 0 Å². The van der Waals surface area contributed by atoms with E-state index in [2.05, 4.69) is 30.8 Å². The van der Waals surface area contributed by atoms with Gasteiger partial charge in [0.2, 0.25) is 0 Å². The van der Waals surface area contributed by atoms with Crippen LogP contribution in [0.15, 0.2) is 36.7 Å². The minimum absolute atomic E-state index is 0. The molecule has 2 aliphatic rings. The van der Waals surface area contributed by atoms with Crippen LogP contribution in [-0.4, -0.2) is 58.9 Å². The summed E-state index contributed by atoms with van der Waals surface area (Å²) >= 11 is 0. The molecule has 4 N–H and O–H groups in total. The smallest absolute Gasteiger partial charge is 0.306 e. The van der Waals surface area contributed by atoms with Crippen molar-refractivity contribution < 1.29 is 9.53 Å². The zero-order valence-corrected chi connectivity index (χ0v) is 24.6. The topological polar surface area (TPSA) is 137 Å². The standard InChI is InChI=1S/C17H24N4O2.C11H15N5.ClH/c1-11-7-15(21-14(19-11)5-6-18-21)20-13-8-12(9-13)10-16(22)23-17(2,3)4;1-7-4-11(15-9-5-8(12)6-9)16-10(14-7)2-3-13-16;/h5-7,12-13,20H,8-10H2,1-4H3;2-4,8-9,15H,5-6,12H2,1H3;1H. The molecule has 2 aliphatic carbocycles. The molecular formula is C28H40ClN9O2. The first-order valence-corrected chi connectivity index (χ1v) is 13.7. The van der Waals surface area contributed by atoms with Crippen LogP contribution >= 0.6 is 12.4 Å². The van der Waals surface area contributed by atoms with Gasteiger partial charge in [-0.1, -0.05) is 0 Å². The summed E-state index contributed by atoms with van der Waals surface area (Å²) in [6.07, 6.45) is 8.03. The number of hydrogen-bond acceptors (Lipinski definition) is 9. The Labute approximate surface area is 240 Å². The maximum atomic E-state index is 11.8. The van der Waals surface area contributed by atoms with Crippen molar-refractivity contribution in [3.63, 3.8) is 0 Å². The maximum Gasteiger partial charge on any atom is 0.306 e. The molecular weight excluding hydrogens is 530 g/mol. The molecule has 0 saturated heterocycles. The summed E-state index contributed by atoms with van der Waals surface area (Å²) in [5.41, 5.74) is 9.05. The number of carbonyl (C=O) groups is 1. The highest BCUT2D eigenvalue weighted by molar-refractivity contribution is 5.85. The summed E-state index contributed by atoms with van der Waals surface area (Å²) in [6.45, 7) is 9.67. The van der Waals surface area contributed by atoms with Crippen LogP contribution in [0, 0.1) is 19.8 Å². The first-order chi connectivity index (χ1) is 18.5. The largest absolute Gasteiger partial charge is 0.460 e. The zero-order chi connectivity index (χ0) is 27.7. The molecule has 0 spiro atoms. The Kier molecular flexibility index (Phi) is 8.84. The predicted molar refractivity (Wildman–Crippen MR) is 158 cm³/mol. The molecule has 12 heteroatoms. The van der Waals surface area contributed by atoms with Gasteiger partial charge in [-0.15, -0.1) is 12.4 Å². The van der Waals surface area contributed by atoms with Gasteiger partial charge in [-0.2, -0.15) is 19.2 Å². The van der Waals surface area contributed by atoms with Crippen LogP contribution in [0.4, 0.5) is 11.6 Å². The lowest BCUT2D eigenvalue weighted by Crippen LogP contribution is -2.44. The summed E-state index contributed by atoms with van der Waals surface area (Å²) in [7, 11) is 0. The van der Waals surface area contributed by atoms with Crippen molar-refractivity contribution in [2.45, 2.75) is 90.4 Å². The maximum absolute atomic E-state index is 11.8. The second-order valence-corrected chi connectivity index (χ2v) is 11.8. The van der Waals surface area contributed by atoms with Crippen LogP contribution in [0.1, 0.15) is 64.3 Å². The molecule has 0 atom stereocenters. The van der Waals surface area contributed by atoms with Crippen LogP contribution in [-0.2, 0) is 9.53 Å². The van der Waals surface area contributed by atoms with E-state index in [4.69, 9.17) is 10.5 Å². The monoisotopic (exact) mass is 569 g/mol. The third-order valence-electron chi connectivity index (χ3n) is 6.96. The second kappa shape index (κ2) is 12.0. The fourth-order valence-electron chi connectivity index (χ4n) is 5.12. The summed E-state index contributed by atoms with van der Waals surface area (Å²) in [4.78, 5) is 20.7. The molecule has 2 saturated carbocycles. The molecule has 2 fully saturated rings. The minimum atomic E-state index is -0.404. The SMILES string of the molecule is Cc1cc(NC2CC(CC(=O)OC(C)(C)C)C2)n2nccc2n1.Cc1cc(NC2CC(N)C2)n2nccc2n1.Cl. The summed E-state index contributed by atoms with van der Waals surface area (Å²) < 4.78 is 9.02. The Morgan fingerprint density at radius 2 is 1.40 bits per heavy atom. The zero-order valence-electron chi connectivity index (χ0n) is 23.8. The van der Waals surface area contributed by atoms with Crippen molar-refractivity contribution >= 4 is 41.3 Å². The van der Waals surface area contributed by atoms with Gasteiger partial charge >= 0.3 is 5.97 Å². The Bertz CT molecular complexity index is 1450. The molecule has 0 bridgehead atoms. The van der Waals surface area contributed by atoms with E-state index in [0.717, 1.165) is 60.0 Å². The fourth-order valence-corrected chi connectivity index (χ4v) is 5.12. The normalized spacial score (nSPS) is 21.9. The van der Waals surface area contributed by atoms with E-state index in [1.54, 1.807) is 12.4 Å². The number of carbonyl (C=O) groups excluding carboxylic acids is 1. The van der Waals surface area contributed by atoms with Gasteiger partial charge in [0.05, 0.1) is 12.4 Å². The number of aromatic nitrogens is 6. The molecule has 6 rings (SSSR count). The summed E-state index contributed by atoms with van der Waals surface area (Å²) in [6, 6.07) is 9.02. The Morgan fingerprint density at radius 1 is 0.925 bits per heavy atom. The molecule has 0 unspecified atom stereocenters. The van der Waals surface area contributed by atoms with Crippen LogP contribution in [0.3, 0.4) is 0 Å². The number of nitrogens with zero attached hydrogens (tertiary/aromatic N) is 6. The van der Waals surface area contributed by atoms with Gasteiger partial charge in [-0.25, -0.2) is 9.97 Å². The number of hydrogen-bond donors (Lipinski definition) is 3. The van der Waals surface area contributed by atoms with Crippen molar-refractivity contribution in [1.82, 2.24) is 29.2 Å². The molecule has 4 heterocycles. The van der Waals surface area contributed by atoms with Gasteiger partial charge in [0.1, 0.15) is 17.2 Å². The average Bonchev–Trinajstić information content (AvgIpc) is 3.45. The highest BCUT2D eigenvalue weighted by atomic mass is 35.5. The van der Waals surface area contributed by atoms with E-state index < -0.39 is 5.60 Å². The van der Waals surface area contributed by atoms with Crippen LogP contribution in [0.2, 0.25) is 0 Å². The number of nitrogens with one attached hydrogen (secondary N) is 2. The lowest BCUT2D eigenvalue weighted by Gasteiger charge is -2.36. The van der Waals surface area contributed by atoms with E-state index in [9.17, 15) is 4.79 Å². The molecule has 0 aromatic carbocycles. The lowest BCUT2D eigenvalue weighted by atomic mass is 9.78. The number of esters is 1. The minimum Gasteiger partial charge on any atom is -0.460 e. The van der Waals surface area contributed by atoms with Crippen molar-refractivity contribution in [1.29, 1.82) is 0 Å². The highest BCUT2D eigenvalue weighted by Gasteiger charge is 2.32. The first kappa shape index (κ1) is 29.5. The second-order valence-electron chi connectivity index (χ2n) is 11.8. The van der Waals surface area contributed by atoms with E-state index in [1.807, 2.05) is 67.9 Å². The number of rotatable bonds is 6. The Balaban J connectivity index is 0.000000191. The molecule has 216 valence electrons. The van der Waals surface area contributed by atoms with Crippen LogP contribution < -0.4 is 16.4 Å². The number of halogens is 1. The molecule has 4 aromatic rings. The van der Waals surface area contributed by atoms with Crippen LogP contribution in [0.25, 0.3) is 11.3 Å². The molecule has 0 amide bonds. The number of anilines is 2. The third-order valence-corrected chi connectivity index (χ3v) is 6.96. The lowest BCUT2D eigenvalue weighted by molar-refractivity contribution is -0.156. The van der Waals surface area contributed by atoms with Crippen molar-refractivity contribution in [3.05, 3.63) is 48.0 Å².